The number of nitrogens with two attached hydrogens (primary N) is 1. The van der Waals surface area contributed by atoms with Crippen molar-refractivity contribution in [2.75, 3.05) is 24.5 Å². The molecule has 2 heterocycles. The molecule has 0 radical (unpaired) electrons. The summed E-state index contributed by atoms with van der Waals surface area (Å²) in [7, 11) is 0. The van der Waals surface area contributed by atoms with Crippen LogP contribution < -0.4 is 10.2 Å². The monoisotopic (exact) mass is 245 g/mol. The van der Waals surface area contributed by atoms with Crippen LogP contribution >= 0.6 is 0 Å². The summed E-state index contributed by atoms with van der Waals surface area (Å²) in [4.78, 5) is 7.15. The first-order valence-electron chi connectivity index (χ1n) is 6.79. The van der Waals surface area contributed by atoms with Crippen molar-refractivity contribution in [3.05, 3.63) is 24.3 Å². The highest BCUT2D eigenvalue weighted by Crippen LogP contribution is 2.26. The average Bonchev–Trinajstić information content (AvgIpc) is 2.88. The van der Waals surface area contributed by atoms with Gasteiger partial charge in [0.25, 0.3) is 0 Å². The molecule has 96 valence electrons. The molecule has 0 aliphatic carbocycles. The third-order valence-electron chi connectivity index (χ3n) is 3.55. The van der Waals surface area contributed by atoms with Crippen molar-refractivity contribution in [1.82, 2.24) is 9.55 Å². The fraction of sp³-hybridized carbons (Fsp3) is 0.500. The molecule has 0 saturated heterocycles. The maximum absolute atomic E-state index is 4.75. The number of nitrogens with zero attached hydrogens (tertiary/aromatic N) is 3. The summed E-state index contributed by atoms with van der Waals surface area (Å²) in [5.41, 5.74) is 2.38. The molecular weight excluding hydrogens is 224 g/mol. The zero-order chi connectivity index (χ0) is 12.5. The summed E-state index contributed by atoms with van der Waals surface area (Å²) in [6, 6.07) is 9.08. The van der Waals surface area contributed by atoms with E-state index >= 15 is 0 Å². The van der Waals surface area contributed by atoms with E-state index in [0.29, 0.717) is 6.04 Å². The number of fused-ring (bicyclic) bond motifs is 3. The van der Waals surface area contributed by atoms with Gasteiger partial charge in [-0.25, -0.2) is 4.98 Å². The van der Waals surface area contributed by atoms with E-state index in [1.54, 1.807) is 0 Å². The van der Waals surface area contributed by atoms with Crippen molar-refractivity contribution in [3.8, 4) is 0 Å². The maximum Gasteiger partial charge on any atom is 0.206 e. The summed E-state index contributed by atoms with van der Waals surface area (Å²) in [5, 5.41) is 2.38. The van der Waals surface area contributed by atoms with Crippen LogP contribution in [0.3, 0.4) is 0 Å². The molecule has 0 saturated carbocycles. The Bertz CT molecular complexity index is 544. The third-order valence-corrected chi connectivity index (χ3v) is 3.55. The van der Waals surface area contributed by atoms with Gasteiger partial charge in [-0.2, -0.15) is 0 Å². The van der Waals surface area contributed by atoms with Crippen LogP contribution in [0.4, 0.5) is 5.95 Å². The number of hydrogen-bond donors (Lipinski definition) is 1. The smallest absolute Gasteiger partial charge is 0.206 e. The molecule has 18 heavy (non-hydrogen) atoms. The van der Waals surface area contributed by atoms with Gasteiger partial charge in [0.1, 0.15) is 0 Å². The van der Waals surface area contributed by atoms with Gasteiger partial charge >= 0.3 is 0 Å². The molecular formula is C14H21N4+. The minimum Gasteiger partial charge on any atom is -0.343 e. The Morgan fingerprint density at radius 1 is 1.28 bits per heavy atom. The van der Waals surface area contributed by atoms with E-state index in [1.807, 2.05) is 0 Å². The summed E-state index contributed by atoms with van der Waals surface area (Å²) in [6.45, 7) is 8.86. The Labute approximate surface area is 108 Å². The Kier molecular flexibility index (Phi) is 2.96. The molecule has 1 aromatic carbocycles. The zero-order valence-corrected chi connectivity index (χ0v) is 11.1. The average molecular weight is 245 g/mol. The van der Waals surface area contributed by atoms with Crippen LogP contribution in [0.25, 0.3) is 11.0 Å². The van der Waals surface area contributed by atoms with Gasteiger partial charge in [0, 0.05) is 13.1 Å². The number of benzene rings is 1. The number of imidazole rings is 1. The van der Waals surface area contributed by atoms with E-state index in [0.717, 1.165) is 37.6 Å². The molecule has 0 fully saturated rings. The quantitative estimate of drug-likeness (QED) is 0.866. The van der Waals surface area contributed by atoms with Crippen molar-refractivity contribution in [1.29, 1.82) is 0 Å². The second-order valence-electron chi connectivity index (χ2n) is 5.31. The van der Waals surface area contributed by atoms with Gasteiger partial charge in [-0.05, 0) is 26.0 Å². The third kappa shape index (κ3) is 1.97. The molecule has 0 spiro atoms. The molecule has 2 aromatic rings. The molecule has 1 aliphatic heterocycles. The van der Waals surface area contributed by atoms with Crippen LogP contribution in [-0.2, 0) is 6.54 Å². The fourth-order valence-electron chi connectivity index (χ4n) is 2.62. The minimum atomic E-state index is 0.673. The maximum atomic E-state index is 4.75. The molecule has 2 N–H and O–H groups in total. The van der Waals surface area contributed by atoms with Gasteiger partial charge in [0.15, 0.2) is 0 Å². The second kappa shape index (κ2) is 4.61. The van der Waals surface area contributed by atoms with Crippen molar-refractivity contribution in [2.24, 2.45) is 0 Å². The summed E-state index contributed by atoms with van der Waals surface area (Å²) in [6.07, 6.45) is 0. The molecule has 1 aliphatic rings. The lowest BCUT2D eigenvalue weighted by atomic mass is 10.3. The first kappa shape index (κ1) is 11.5. The number of para-hydroxylation sites is 2. The predicted octanol–water partition coefficient (Wildman–Crippen LogP) is 0.828. The first-order valence-corrected chi connectivity index (χ1v) is 6.79. The Morgan fingerprint density at radius 3 is 2.94 bits per heavy atom. The van der Waals surface area contributed by atoms with E-state index in [4.69, 9.17) is 4.98 Å². The molecule has 1 aromatic heterocycles. The van der Waals surface area contributed by atoms with Crippen molar-refractivity contribution >= 4 is 17.0 Å². The predicted molar refractivity (Wildman–Crippen MR) is 73.9 cm³/mol. The topological polar surface area (TPSA) is 37.7 Å². The number of rotatable bonds is 4. The SMILES string of the molecule is CC(C)[NH2+]CCN1CCn2c1nc1ccccc12. The van der Waals surface area contributed by atoms with Gasteiger partial charge in [-0.15, -0.1) is 0 Å². The number of anilines is 1. The Morgan fingerprint density at radius 2 is 2.11 bits per heavy atom. The fourth-order valence-corrected chi connectivity index (χ4v) is 2.62. The van der Waals surface area contributed by atoms with Gasteiger partial charge < -0.3 is 14.8 Å². The molecule has 0 amide bonds. The van der Waals surface area contributed by atoms with Crippen molar-refractivity contribution in [3.63, 3.8) is 0 Å². The number of quaternary nitrogens is 1. The van der Waals surface area contributed by atoms with Crippen LogP contribution in [0.15, 0.2) is 24.3 Å². The highest BCUT2D eigenvalue weighted by atomic mass is 15.4. The minimum absolute atomic E-state index is 0.673. The van der Waals surface area contributed by atoms with Crippen LogP contribution in [0.5, 0.6) is 0 Å². The van der Waals surface area contributed by atoms with Crippen LogP contribution in [0.2, 0.25) is 0 Å². The van der Waals surface area contributed by atoms with Gasteiger partial charge in [0.2, 0.25) is 5.95 Å². The summed E-state index contributed by atoms with van der Waals surface area (Å²) < 4.78 is 2.34. The molecule has 0 unspecified atom stereocenters. The van der Waals surface area contributed by atoms with Gasteiger partial charge in [-0.3, -0.25) is 0 Å². The first-order chi connectivity index (χ1) is 8.75. The van der Waals surface area contributed by atoms with E-state index in [9.17, 15) is 0 Å². The molecule has 3 rings (SSSR count). The van der Waals surface area contributed by atoms with Crippen molar-refractivity contribution in [2.45, 2.75) is 26.4 Å². The molecule has 0 bridgehead atoms. The highest BCUT2D eigenvalue weighted by molar-refractivity contribution is 5.79. The lowest BCUT2D eigenvalue weighted by Crippen LogP contribution is -2.89. The zero-order valence-electron chi connectivity index (χ0n) is 11.1. The highest BCUT2D eigenvalue weighted by Gasteiger charge is 2.23. The van der Waals surface area contributed by atoms with Crippen LogP contribution in [0, 0.1) is 0 Å². The lowest BCUT2D eigenvalue weighted by molar-refractivity contribution is -0.680. The molecule has 4 heteroatoms. The van der Waals surface area contributed by atoms with Gasteiger partial charge in [-0.1, -0.05) is 12.1 Å². The molecule has 0 atom stereocenters. The Hall–Kier alpha value is -1.55. The molecule has 4 nitrogen and oxygen atoms in total. The van der Waals surface area contributed by atoms with Crippen molar-refractivity contribution < 1.29 is 5.32 Å². The van der Waals surface area contributed by atoms with E-state index in [2.05, 4.69) is 52.9 Å². The van der Waals surface area contributed by atoms with E-state index in [-0.39, 0.29) is 0 Å². The van der Waals surface area contributed by atoms with E-state index < -0.39 is 0 Å². The normalized spacial score (nSPS) is 14.7. The van der Waals surface area contributed by atoms with Gasteiger partial charge in [0.05, 0.1) is 30.2 Å². The van der Waals surface area contributed by atoms with Crippen LogP contribution in [-0.4, -0.2) is 35.2 Å². The summed E-state index contributed by atoms with van der Waals surface area (Å²) in [5.74, 6) is 1.15. The summed E-state index contributed by atoms with van der Waals surface area (Å²) >= 11 is 0. The van der Waals surface area contributed by atoms with E-state index in [1.165, 1.54) is 5.52 Å². The Balaban J connectivity index is 1.79. The largest absolute Gasteiger partial charge is 0.343 e. The standard InChI is InChI=1S/C14H20N4/c1-11(2)15-7-8-17-9-10-18-13-6-4-3-5-12(13)16-14(17)18/h3-6,11,15H,7-10H2,1-2H3/p+1. The number of aromatic nitrogens is 2. The van der Waals surface area contributed by atoms with Crippen LogP contribution in [0.1, 0.15) is 13.8 Å². The number of hydrogen-bond acceptors (Lipinski definition) is 2. The second-order valence-corrected chi connectivity index (χ2v) is 5.31. The lowest BCUT2D eigenvalue weighted by Gasteiger charge is -2.15.